The second-order valence-electron chi connectivity index (χ2n) is 6.22. The lowest BCUT2D eigenvalue weighted by molar-refractivity contribution is -0.149. The molecule has 2 atom stereocenters. The summed E-state index contributed by atoms with van der Waals surface area (Å²) in [6.07, 6.45) is 1.83. The number of carbonyl (C=O) groups excluding carboxylic acids is 2. The maximum Gasteiger partial charge on any atom is 0.415 e. The second kappa shape index (κ2) is 7.99. The molecule has 1 fully saturated rings. The summed E-state index contributed by atoms with van der Waals surface area (Å²) in [4.78, 5) is 26.3. The van der Waals surface area contributed by atoms with Crippen molar-refractivity contribution in [1.82, 2.24) is 4.90 Å². The molecule has 1 saturated heterocycles. The van der Waals surface area contributed by atoms with Gasteiger partial charge in [0.25, 0.3) is 0 Å². The Morgan fingerprint density at radius 1 is 1.33 bits per heavy atom. The lowest BCUT2D eigenvalue weighted by Crippen LogP contribution is -2.47. The number of esters is 1. The van der Waals surface area contributed by atoms with Gasteiger partial charge in [-0.3, -0.25) is 9.69 Å². The van der Waals surface area contributed by atoms with Crippen molar-refractivity contribution in [3.63, 3.8) is 0 Å². The quantitative estimate of drug-likeness (QED) is 0.759. The number of hydrogen-bond acceptors (Lipinski definition) is 4. The fraction of sp³-hybridized carbons (Fsp3) is 0.474. The molecule has 24 heavy (non-hydrogen) atoms. The van der Waals surface area contributed by atoms with Crippen LogP contribution in [0.1, 0.15) is 52.1 Å². The smallest absolute Gasteiger partial charge is 0.415 e. The minimum atomic E-state index is -0.423. The highest BCUT2D eigenvalue weighted by Crippen LogP contribution is 2.32. The number of allylic oxidation sites excluding steroid dienone is 1. The summed E-state index contributed by atoms with van der Waals surface area (Å²) in [7, 11) is 0. The molecular weight excluding hydrogens is 306 g/mol. The van der Waals surface area contributed by atoms with Gasteiger partial charge >= 0.3 is 12.1 Å². The molecular formula is C19H25NO4. The molecule has 0 aliphatic carbocycles. The third-order valence-corrected chi connectivity index (χ3v) is 4.05. The first-order valence-corrected chi connectivity index (χ1v) is 8.32. The molecule has 1 aromatic carbocycles. The predicted octanol–water partition coefficient (Wildman–Crippen LogP) is 4.20. The van der Waals surface area contributed by atoms with Crippen LogP contribution in [0.25, 0.3) is 0 Å². The molecule has 130 valence electrons. The maximum absolute atomic E-state index is 12.5. The van der Waals surface area contributed by atoms with Crippen LogP contribution in [0.4, 0.5) is 4.79 Å². The Hall–Kier alpha value is -2.30. The van der Waals surface area contributed by atoms with Crippen LogP contribution in [0.3, 0.4) is 0 Å². The van der Waals surface area contributed by atoms with Crippen LogP contribution in [0, 0.1) is 0 Å². The molecule has 1 heterocycles. The van der Waals surface area contributed by atoms with Crippen molar-refractivity contribution in [3.05, 3.63) is 47.7 Å². The summed E-state index contributed by atoms with van der Waals surface area (Å²) in [6.45, 7) is 7.39. The molecule has 0 unspecified atom stereocenters. The zero-order chi connectivity index (χ0) is 17.7. The van der Waals surface area contributed by atoms with Gasteiger partial charge in [-0.2, -0.15) is 0 Å². The number of nitrogens with zero attached hydrogens (tertiary/aromatic N) is 1. The Morgan fingerprint density at radius 3 is 2.58 bits per heavy atom. The number of benzene rings is 1. The van der Waals surface area contributed by atoms with Gasteiger partial charge in [0.2, 0.25) is 0 Å². The molecule has 1 aliphatic heterocycles. The van der Waals surface area contributed by atoms with E-state index in [1.807, 2.05) is 58.0 Å². The summed E-state index contributed by atoms with van der Waals surface area (Å²) in [6, 6.07) is 9.26. The minimum Gasteiger partial charge on any atom is -0.463 e. The Balaban J connectivity index is 2.23. The summed E-state index contributed by atoms with van der Waals surface area (Å²) >= 11 is 0. The number of carbonyl (C=O) groups is 2. The van der Waals surface area contributed by atoms with Crippen molar-refractivity contribution in [2.75, 3.05) is 0 Å². The SMILES string of the molecule is C/C=C1\C[C@H](CC(=O)OC(C)C)N([C@H](C)c2ccccc2)C(=O)O1. The highest BCUT2D eigenvalue weighted by atomic mass is 16.6. The topological polar surface area (TPSA) is 55.8 Å². The van der Waals surface area contributed by atoms with Gasteiger partial charge in [0.15, 0.2) is 0 Å². The highest BCUT2D eigenvalue weighted by Gasteiger charge is 2.37. The molecule has 5 heteroatoms. The van der Waals surface area contributed by atoms with Crippen LogP contribution in [0.5, 0.6) is 0 Å². The second-order valence-corrected chi connectivity index (χ2v) is 6.22. The van der Waals surface area contributed by atoms with E-state index in [0.717, 1.165) is 5.56 Å². The first kappa shape index (κ1) is 18.0. The molecule has 1 amide bonds. The van der Waals surface area contributed by atoms with E-state index in [9.17, 15) is 9.59 Å². The van der Waals surface area contributed by atoms with Crippen molar-refractivity contribution in [2.24, 2.45) is 0 Å². The van der Waals surface area contributed by atoms with Crippen molar-refractivity contribution in [2.45, 2.75) is 58.7 Å². The summed E-state index contributed by atoms with van der Waals surface area (Å²) in [5.74, 6) is 0.296. The maximum atomic E-state index is 12.5. The number of cyclic esters (lactones) is 1. The van der Waals surface area contributed by atoms with Gasteiger partial charge < -0.3 is 9.47 Å². The van der Waals surface area contributed by atoms with Crippen LogP contribution < -0.4 is 0 Å². The van der Waals surface area contributed by atoms with Gasteiger partial charge in [-0.25, -0.2) is 4.79 Å². The van der Waals surface area contributed by atoms with Gasteiger partial charge in [-0.05, 0) is 39.3 Å². The molecule has 0 bridgehead atoms. The Morgan fingerprint density at radius 2 is 2.00 bits per heavy atom. The van der Waals surface area contributed by atoms with E-state index in [2.05, 4.69) is 0 Å². The summed E-state index contributed by atoms with van der Waals surface area (Å²) < 4.78 is 10.6. The molecule has 0 spiro atoms. The van der Waals surface area contributed by atoms with Crippen LogP contribution in [0.15, 0.2) is 42.2 Å². The van der Waals surface area contributed by atoms with Gasteiger partial charge in [-0.15, -0.1) is 0 Å². The zero-order valence-electron chi connectivity index (χ0n) is 14.7. The van der Waals surface area contributed by atoms with Crippen molar-refractivity contribution in [1.29, 1.82) is 0 Å². The Kier molecular flexibility index (Phi) is 6.01. The molecule has 0 aromatic heterocycles. The number of amides is 1. The normalized spacial score (nSPS) is 20.9. The lowest BCUT2D eigenvalue weighted by Gasteiger charge is -2.39. The minimum absolute atomic E-state index is 0.155. The van der Waals surface area contributed by atoms with Crippen LogP contribution in [-0.4, -0.2) is 29.1 Å². The molecule has 0 saturated carbocycles. The standard InChI is InChI=1S/C19H25NO4/c1-5-17-11-16(12-18(21)23-13(2)3)20(19(22)24-17)14(4)15-9-7-6-8-10-15/h5-10,13-14,16H,11-12H2,1-4H3/b17-5+/t14-,16-/m1/s1. The molecule has 1 aliphatic rings. The van der Waals surface area contributed by atoms with Gasteiger partial charge in [0, 0.05) is 6.42 Å². The average Bonchev–Trinajstić information content (AvgIpc) is 2.54. The van der Waals surface area contributed by atoms with E-state index in [-0.39, 0.29) is 30.6 Å². The van der Waals surface area contributed by atoms with Crippen LogP contribution >= 0.6 is 0 Å². The van der Waals surface area contributed by atoms with E-state index >= 15 is 0 Å². The van der Waals surface area contributed by atoms with Gasteiger partial charge in [-0.1, -0.05) is 30.3 Å². The molecule has 0 N–H and O–H groups in total. The first-order valence-electron chi connectivity index (χ1n) is 8.32. The van der Waals surface area contributed by atoms with Crippen molar-refractivity contribution in [3.8, 4) is 0 Å². The first-order chi connectivity index (χ1) is 11.4. The Bertz CT molecular complexity index is 609. The van der Waals surface area contributed by atoms with E-state index in [1.54, 1.807) is 11.0 Å². The fourth-order valence-electron chi connectivity index (χ4n) is 2.90. The molecule has 0 radical (unpaired) electrons. The van der Waals surface area contributed by atoms with Crippen molar-refractivity contribution < 1.29 is 19.1 Å². The number of ether oxygens (including phenoxy) is 2. The predicted molar refractivity (Wildman–Crippen MR) is 91.2 cm³/mol. The Labute approximate surface area is 143 Å². The number of hydrogen-bond donors (Lipinski definition) is 0. The van der Waals surface area contributed by atoms with E-state index in [0.29, 0.717) is 12.2 Å². The summed E-state index contributed by atoms with van der Waals surface area (Å²) in [5.41, 5.74) is 1.00. The van der Waals surface area contributed by atoms with Gasteiger partial charge in [0.05, 0.1) is 24.6 Å². The summed E-state index contributed by atoms with van der Waals surface area (Å²) in [5, 5.41) is 0. The van der Waals surface area contributed by atoms with Crippen LogP contribution in [-0.2, 0) is 14.3 Å². The van der Waals surface area contributed by atoms with E-state index < -0.39 is 6.09 Å². The monoisotopic (exact) mass is 331 g/mol. The van der Waals surface area contributed by atoms with Gasteiger partial charge in [0.1, 0.15) is 5.76 Å². The van der Waals surface area contributed by atoms with Crippen LogP contribution in [0.2, 0.25) is 0 Å². The van der Waals surface area contributed by atoms with E-state index in [1.165, 1.54) is 0 Å². The molecule has 5 nitrogen and oxygen atoms in total. The molecule has 2 rings (SSSR count). The third-order valence-electron chi connectivity index (χ3n) is 4.05. The number of rotatable bonds is 5. The van der Waals surface area contributed by atoms with E-state index in [4.69, 9.17) is 9.47 Å². The zero-order valence-corrected chi connectivity index (χ0v) is 14.7. The lowest BCUT2D eigenvalue weighted by atomic mass is 10.00. The average molecular weight is 331 g/mol. The van der Waals surface area contributed by atoms with Crippen molar-refractivity contribution >= 4 is 12.1 Å². The highest BCUT2D eigenvalue weighted by molar-refractivity contribution is 5.75. The third kappa shape index (κ3) is 4.37. The fourth-order valence-corrected chi connectivity index (χ4v) is 2.90. The largest absolute Gasteiger partial charge is 0.463 e. The molecule has 1 aromatic rings.